The molecule has 0 aromatic heterocycles. The van der Waals surface area contributed by atoms with Crippen molar-refractivity contribution in [1.29, 1.82) is 0 Å². The fourth-order valence-electron chi connectivity index (χ4n) is 5.85. The summed E-state index contributed by atoms with van der Waals surface area (Å²) in [7, 11) is -0.733. The van der Waals surface area contributed by atoms with Crippen LogP contribution in [-0.2, 0) is 32.7 Å². The number of carbonyl (C=O) groups excluding carboxylic acids is 2. The zero-order valence-corrected chi connectivity index (χ0v) is 37.7. The van der Waals surface area contributed by atoms with E-state index in [1.54, 1.807) is 0 Å². The number of ether oxygens (including phenoxy) is 2. The van der Waals surface area contributed by atoms with Gasteiger partial charge in [0.2, 0.25) is 0 Å². The van der Waals surface area contributed by atoms with E-state index >= 15 is 0 Å². The molecule has 0 aromatic rings. The fourth-order valence-corrected chi connectivity index (χ4v) is 6.59. The summed E-state index contributed by atoms with van der Waals surface area (Å²) in [5.41, 5.74) is 0. The van der Waals surface area contributed by atoms with Gasteiger partial charge in [-0.15, -0.1) is 0 Å². The fraction of sp³-hybridized carbons (Fsp3) is 0.745. The number of phosphoric acid groups is 1. The van der Waals surface area contributed by atoms with Crippen LogP contribution in [0.3, 0.4) is 0 Å². The van der Waals surface area contributed by atoms with Crippen molar-refractivity contribution < 1.29 is 37.6 Å². The Morgan fingerprint density at radius 3 is 1.51 bits per heavy atom. The summed E-state index contributed by atoms with van der Waals surface area (Å²) in [4.78, 5) is 37.1. The molecule has 0 aliphatic carbocycles. The van der Waals surface area contributed by atoms with E-state index in [0.29, 0.717) is 13.0 Å². The van der Waals surface area contributed by atoms with E-state index in [0.717, 1.165) is 83.5 Å². The van der Waals surface area contributed by atoms with Crippen LogP contribution in [0.5, 0.6) is 0 Å². The van der Waals surface area contributed by atoms with Crippen molar-refractivity contribution >= 4 is 19.8 Å². The minimum atomic E-state index is -4.37. The third-order valence-corrected chi connectivity index (χ3v) is 10.3. The average Bonchev–Trinajstić information content (AvgIpc) is 3.18. The van der Waals surface area contributed by atoms with Gasteiger partial charge in [0, 0.05) is 19.4 Å². The van der Waals surface area contributed by atoms with E-state index < -0.39 is 26.5 Å². The van der Waals surface area contributed by atoms with Crippen LogP contribution in [0, 0.1) is 0 Å². The highest BCUT2D eigenvalue weighted by Crippen LogP contribution is 2.43. The second-order valence-corrected chi connectivity index (χ2v) is 16.6. The maximum absolute atomic E-state index is 12.7. The number of rotatable bonds is 41. The van der Waals surface area contributed by atoms with Crippen LogP contribution in [0.15, 0.2) is 60.8 Å². The Bertz CT molecular complexity index is 1130. The van der Waals surface area contributed by atoms with Crippen molar-refractivity contribution in [3.8, 4) is 0 Å². The van der Waals surface area contributed by atoms with Gasteiger partial charge in [-0.2, -0.15) is 0 Å². The molecule has 0 saturated heterocycles. The van der Waals surface area contributed by atoms with Gasteiger partial charge in [0.25, 0.3) is 0 Å². The van der Waals surface area contributed by atoms with Crippen molar-refractivity contribution in [2.45, 2.75) is 187 Å². The highest BCUT2D eigenvalue weighted by Gasteiger charge is 2.26. The maximum atomic E-state index is 12.7. The minimum Gasteiger partial charge on any atom is -0.462 e. The molecule has 0 heterocycles. The molecule has 330 valence electrons. The first-order valence-electron chi connectivity index (χ1n) is 22.6. The number of hydrogen-bond donors (Lipinski definition) is 1. The predicted octanol–water partition coefficient (Wildman–Crippen LogP) is 13.1. The number of carbonyl (C=O) groups is 2. The molecule has 10 heteroatoms. The molecule has 0 fully saturated rings. The van der Waals surface area contributed by atoms with E-state index in [2.05, 4.69) is 74.6 Å². The summed E-state index contributed by atoms with van der Waals surface area (Å²) < 4.78 is 33.5. The standard InChI is InChI=1S/C47H84NO8P/c1-5-7-9-11-13-15-17-19-21-23-25-27-29-31-33-35-37-39-46(49)53-43-45(44-55-57(51,52)54-42-41-48(3)4)56-47(50)40-38-36-34-32-30-28-26-24-22-20-18-16-14-12-10-8-6-2/h8,10,14,16,19-22,26,28,45H,5-7,9,11-13,15,17-18,23-25,27,29-44H2,1-4H3,(H,51,52)/b10-8-,16-14-,21-19-,22-20-,28-26-. The SMILES string of the molecule is CC/C=C\C/C=C\C/C=C\C/C=C\CCCCCCC(=O)OC(COC(=O)CCCCCCCCC/C=C\CCCCCCCC)COP(=O)(O)OCCN(C)C. The number of hydrogen-bond acceptors (Lipinski definition) is 8. The van der Waals surface area contributed by atoms with Gasteiger partial charge >= 0.3 is 19.8 Å². The summed E-state index contributed by atoms with van der Waals surface area (Å²) in [5, 5.41) is 0. The van der Waals surface area contributed by atoms with Crippen LogP contribution in [0.25, 0.3) is 0 Å². The molecule has 0 aromatic carbocycles. The highest BCUT2D eigenvalue weighted by atomic mass is 31.2. The topological polar surface area (TPSA) is 112 Å². The molecular formula is C47H84NO8P. The Labute approximate surface area is 349 Å². The number of nitrogens with zero attached hydrogens (tertiary/aromatic N) is 1. The lowest BCUT2D eigenvalue weighted by Crippen LogP contribution is -2.29. The number of unbranched alkanes of at least 4 members (excludes halogenated alkanes) is 17. The third-order valence-electron chi connectivity index (χ3n) is 9.31. The van der Waals surface area contributed by atoms with E-state index in [1.165, 1.54) is 64.2 Å². The van der Waals surface area contributed by atoms with Gasteiger partial charge in [-0.05, 0) is 91.1 Å². The van der Waals surface area contributed by atoms with Crippen molar-refractivity contribution in [2.75, 3.05) is 40.5 Å². The molecule has 57 heavy (non-hydrogen) atoms. The molecule has 2 atom stereocenters. The Kier molecular flexibility index (Phi) is 40.2. The lowest BCUT2D eigenvalue weighted by molar-refractivity contribution is -0.161. The normalized spacial score (nSPS) is 13.9. The first-order valence-corrected chi connectivity index (χ1v) is 24.1. The Morgan fingerprint density at radius 1 is 0.561 bits per heavy atom. The summed E-state index contributed by atoms with van der Waals surface area (Å²) in [5.74, 6) is -0.837. The van der Waals surface area contributed by atoms with E-state index in [9.17, 15) is 19.0 Å². The third kappa shape index (κ3) is 43.1. The number of esters is 2. The quantitative estimate of drug-likeness (QED) is 0.0279. The molecule has 2 unspecified atom stereocenters. The molecule has 1 N–H and O–H groups in total. The van der Waals surface area contributed by atoms with E-state index in [1.807, 2.05) is 19.0 Å². The lowest BCUT2D eigenvalue weighted by Gasteiger charge is -2.20. The zero-order valence-electron chi connectivity index (χ0n) is 36.8. The molecule has 0 aliphatic heterocycles. The zero-order chi connectivity index (χ0) is 41.9. The van der Waals surface area contributed by atoms with Crippen molar-refractivity contribution in [3.63, 3.8) is 0 Å². The highest BCUT2D eigenvalue weighted by molar-refractivity contribution is 7.47. The Balaban J connectivity index is 4.32. The van der Waals surface area contributed by atoms with Gasteiger partial charge in [-0.25, -0.2) is 4.57 Å². The molecule has 0 aliphatic rings. The molecule has 0 saturated carbocycles. The number of phosphoric ester groups is 1. The van der Waals surface area contributed by atoms with Gasteiger partial charge in [0.1, 0.15) is 6.61 Å². The van der Waals surface area contributed by atoms with Crippen LogP contribution in [0.2, 0.25) is 0 Å². The minimum absolute atomic E-state index is 0.000792. The van der Waals surface area contributed by atoms with Gasteiger partial charge in [-0.1, -0.05) is 152 Å². The van der Waals surface area contributed by atoms with Gasteiger partial charge in [0.05, 0.1) is 13.2 Å². The Morgan fingerprint density at radius 2 is 1.00 bits per heavy atom. The first kappa shape index (κ1) is 54.7. The van der Waals surface area contributed by atoms with Crippen molar-refractivity contribution in [2.24, 2.45) is 0 Å². The van der Waals surface area contributed by atoms with Crippen molar-refractivity contribution in [1.82, 2.24) is 4.90 Å². The van der Waals surface area contributed by atoms with Crippen LogP contribution >= 0.6 is 7.82 Å². The van der Waals surface area contributed by atoms with Crippen LogP contribution < -0.4 is 0 Å². The first-order chi connectivity index (χ1) is 27.7. The Hall–Kier alpha value is -2.29. The smallest absolute Gasteiger partial charge is 0.462 e. The maximum Gasteiger partial charge on any atom is 0.472 e. The van der Waals surface area contributed by atoms with Crippen LogP contribution in [-0.4, -0.2) is 68.3 Å². The number of likely N-dealkylation sites (N-methyl/N-ethyl adjacent to an activating group) is 1. The second kappa shape index (κ2) is 41.9. The van der Waals surface area contributed by atoms with Crippen LogP contribution in [0.1, 0.15) is 181 Å². The summed E-state index contributed by atoms with van der Waals surface area (Å²) in [6.45, 7) is 4.17. The number of allylic oxidation sites excluding steroid dienone is 10. The molecule has 0 radical (unpaired) electrons. The second-order valence-electron chi connectivity index (χ2n) is 15.2. The summed E-state index contributed by atoms with van der Waals surface area (Å²) in [6.07, 6.45) is 48.3. The summed E-state index contributed by atoms with van der Waals surface area (Å²) in [6, 6.07) is 0. The average molecular weight is 822 g/mol. The molecule has 0 bridgehead atoms. The largest absolute Gasteiger partial charge is 0.472 e. The molecule has 9 nitrogen and oxygen atoms in total. The lowest BCUT2D eigenvalue weighted by atomic mass is 10.1. The van der Waals surface area contributed by atoms with Crippen LogP contribution in [0.4, 0.5) is 0 Å². The predicted molar refractivity (Wildman–Crippen MR) is 238 cm³/mol. The molecule has 0 amide bonds. The molecule has 0 spiro atoms. The summed E-state index contributed by atoms with van der Waals surface area (Å²) >= 11 is 0. The van der Waals surface area contributed by atoms with Crippen molar-refractivity contribution in [3.05, 3.63) is 60.8 Å². The molecule has 0 rings (SSSR count). The van der Waals surface area contributed by atoms with Gasteiger partial charge in [-0.3, -0.25) is 18.6 Å². The van der Waals surface area contributed by atoms with Gasteiger partial charge in [0.15, 0.2) is 6.10 Å². The molecular weight excluding hydrogens is 737 g/mol. The van der Waals surface area contributed by atoms with Gasteiger partial charge < -0.3 is 19.3 Å². The van der Waals surface area contributed by atoms with E-state index in [4.69, 9.17) is 18.5 Å². The van der Waals surface area contributed by atoms with E-state index in [-0.39, 0.29) is 32.0 Å². The monoisotopic (exact) mass is 822 g/mol.